The van der Waals surface area contributed by atoms with Crippen LogP contribution >= 0.6 is 15.9 Å². The lowest BCUT2D eigenvalue weighted by Crippen LogP contribution is -2.25. The zero-order valence-electron chi connectivity index (χ0n) is 9.47. The van der Waals surface area contributed by atoms with Gasteiger partial charge in [0.1, 0.15) is 4.47 Å². The Labute approximate surface area is 107 Å². The highest BCUT2D eigenvalue weighted by molar-refractivity contribution is 9.10. The molecule has 6 nitrogen and oxygen atoms in total. The third-order valence-corrected chi connectivity index (χ3v) is 3.30. The van der Waals surface area contributed by atoms with Gasteiger partial charge in [0, 0.05) is 13.1 Å². The summed E-state index contributed by atoms with van der Waals surface area (Å²) in [5, 5.41) is 14.6. The summed E-state index contributed by atoms with van der Waals surface area (Å²) in [6.45, 7) is 2.58. The van der Waals surface area contributed by atoms with Gasteiger partial charge in [-0.05, 0) is 39.9 Å². The average Bonchev–Trinajstić information content (AvgIpc) is 2.63. The van der Waals surface area contributed by atoms with E-state index >= 15 is 0 Å². The van der Waals surface area contributed by atoms with E-state index in [0.717, 1.165) is 19.5 Å². The summed E-state index contributed by atoms with van der Waals surface area (Å²) in [6, 6.07) is 0. The van der Waals surface area contributed by atoms with Crippen LogP contribution in [0.3, 0.4) is 0 Å². The van der Waals surface area contributed by atoms with Crippen LogP contribution in [0.2, 0.25) is 0 Å². The van der Waals surface area contributed by atoms with Crippen molar-refractivity contribution >= 4 is 21.7 Å². The third-order valence-electron chi connectivity index (χ3n) is 2.74. The first-order chi connectivity index (χ1) is 8.06. The molecule has 2 heterocycles. The predicted octanol–water partition coefficient (Wildman–Crippen LogP) is 1.82. The van der Waals surface area contributed by atoms with Crippen molar-refractivity contribution in [2.24, 2.45) is 0 Å². The van der Waals surface area contributed by atoms with Gasteiger partial charge in [-0.3, -0.25) is 0 Å². The molecular weight excluding hydrogens is 288 g/mol. The topological polar surface area (TPSA) is 64.2 Å². The molecule has 0 saturated carbocycles. The number of halogens is 1. The Morgan fingerprint density at radius 3 is 2.94 bits per heavy atom. The van der Waals surface area contributed by atoms with Crippen LogP contribution in [0.1, 0.15) is 6.42 Å². The van der Waals surface area contributed by atoms with Crippen LogP contribution in [0.5, 0.6) is 0 Å². The Balaban J connectivity index is 2.09. The molecule has 92 valence electrons. The fourth-order valence-electron chi connectivity index (χ4n) is 1.76. The molecule has 0 saturated heterocycles. The maximum atomic E-state index is 10.6. The molecule has 0 bridgehead atoms. The van der Waals surface area contributed by atoms with Gasteiger partial charge in [0.25, 0.3) is 0 Å². The highest BCUT2D eigenvalue weighted by atomic mass is 79.9. The van der Waals surface area contributed by atoms with Crippen molar-refractivity contribution in [2.45, 2.75) is 13.0 Å². The summed E-state index contributed by atoms with van der Waals surface area (Å²) in [5.41, 5.74) is 1.27. The van der Waals surface area contributed by atoms with Gasteiger partial charge < -0.3 is 15.0 Å². The van der Waals surface area contributed by atoms with E-state index in [2.05, 4.69) is 39.1 Å². The Bertz CT molecular complexity index is 469. The fraction of sp³-hybridized carbons (Fsp3) is 0.500. The molecule has 1 aromatic heterocycles. The zero-order valence-corrected chi connectivity index (χ0v) is 11.1. The lowest BCUT2D eigenvalue weighted by molar-refractivity contribution is -0.390. The highest BCUT2D eigenvalue weighted by Crippen LogP contribution is 2.23. The third kappa shape index (κ3) is 2.92. The van der Waals surface area contributed by atoms with Crippen LogP contribution in [0.15, 0.2) is 22.3 Å². The minimum Gasteiger partial charge on any atom is -0.358 e. The van der Waals surface area contributed by atoms with E-state index < -0.39 is 4.92 Å². The summed E-state index contributed by atoms with van der Waals surface area (Å²) >= 11 is 3.14. The molecule has 0 N–H and O–H groups in total. The molecule has 0 spiro atoms. The van der Waals surface area contributed by atoms with E-state index in [1.165, 1.54) is 5.57 Å². The molecule has 0 fully saturated rings. The zero-order chi connectivity index (χ0) is 12.4. The second-order valence-corrected chi connectivity index (χ2v) is 4.98. The molecule has 0 aromatic carbocycles. The van der Waals surface area contributed by atoms with E-state index in [1.807, 2.05) is 0 Å². The number of rotatable bonds is 3. The summed E-state index contributed by atoms with van der Waals surface area (Å²) in [6.07, 6.45) is 4.80. The number of likely N-dealkylation sites (N-methyl/N-ethyl adjacent to an activating group) is 1. The van der Waals surface area contributed by atoms with Gasteiger partial charge in [-0.15, -0.1) is 0 Å². The van der Waals surface area contributed by atoms with Crippen molar-refractivity contribution in [1.29, 1.82) is 0 Å². The smallest absolute Gasteiger partial charge is 0.358 e. The minimum atomic E-state index is -0.483. The first-order valence-corrected chi connectivity index (χ1v) is 6.09. The summed E-state index contributed by atoms with van der Waals surface area (Å²) in [7, 11) is 2.07. The number of hydrogen-bond donors (Lipinski definition) is 0. The number of aromatic nitrogens is 2. The van der Waals surface area contributed by atoms with Gasteiger partial charge in [0.05, 0.1) is 17.8 Å². The SMILES string of the molecule is CN1CC=C(Cn2cc(Br)c([N+](=O)[O-])n2)CC1. The Hall–Kier alpha value is -1.21. The van der Waals surface area contributed by atoms with Crippen molar-refractivity contribution < 1.29 is 4.92 Å². The largest absolute Gasteiger partial charge is 0.404 e. The van der Waals surface area contributed by atoms with Crippen molar-refractivity contribution in [3.05, 3.63) is 32.4 Å². The van der Waals surface area contributed by atoms with E-state index in [9.17, 15) is 10.1 Å². The first-order valence-electron chi connectivity index (χ1n) is 5.30. The standard InChI is InChI=1S/C10H13BrN4O2/c1-13-4-2-8(3-5-13)6-14-7-9(11)10(12-14)15(16)17/h2,7H,3-6H2,1H3. The van der Waals surface area contributed by atoms with E-state index in [-0.39, 0.29) is 5.82 Å². The molecule has 1 aliphatic heterocycles. The van der Waals surface area contributed by atoms with Crippen molar-refractivity contribution in [3.63, 3.8) is 0 Å². The second kappa shape index (κ2) is 4.97. The van der Waals surface area contributed by atoms with Gasteiger partial charge in [-0.2, -0.15) is 4.68 Å². The van der Waals surface area contributed by atoms with E-state index in [1.54, 1.807) is 10.9 Å². The van der Waals surface area contributed by atoms with Gasteiger partial charge >= 0.3 is 5.82 Å². The van der Waals surface area contributed by atoms with Gasteiger partial charge in [0.2, 0.25) is 0 Å². The molecule has 0 atom stereocenters. The number of hydrogen-bond acceptors (Lipinski definition) is 4. The molecule has 0 unspecified atom stereocenters. The van der Waals surface area contributed by atoms with Gasteiger partial charge in [0.15, 0.2) is 0 Å². The maximum Gasteiger partial charge on any atom is 0.404 e. The van der Waals surface area contributed by atoms with Gasteiger partial charge in [-0.25, -0.2) is 0 Å². The highest BCUT2D eigenvalue weighted by Gasteiger charge is 2.19. The first kappa shape index (κ1) is 12.3. The van der Waals surface area contributed by atoms with Crippen LogP contribution < -0.4 is 0 Å². The Kier molecular flexibility index (Phi) is 3.58. The van der Waals surface area contributed by atoms with Crippen LogP contribution in [0, 0.1) is 10.1 Å². The van der Waals surface area contributed by atoms with Crippen molar-refractivity contribution in [3.8, 4) is 0 Å². The van der Waals surface area contributed by atoms with Crippen molar-refractivity contribution in [1.82, 2.24) is 14.7 Å². The van der Waals surface area contributed by atoms with Gasteiger partial charge in [-0.1, -0.05) is 6.08 Å². The molecule has 0 radical (unpaired) electrons. The molecular formula is C10H13BrN4O2. The normalized spacial score (nSPS) is 16.9. The Morgan fingerprint density at radius 1 is 1.65 bits per heavy atom. The summed E-state index contributed by atoms with van der Waals surface area (Å²) < 4.78 is 2.04. The number of nitrogens with zero attached hydrogens (tertiary/aromatic N) is 4. The number of nitro groups is 1. The van der Waals surface area contributed by atoms with Crippen molar-refractivity contribution in [2.75, 3.05) is 20.1 Å². The maximum absolute atomic E-state index is 10.6. The fourth-order valence-corrected chi connectivity index (χ4v) is 2.22. The van der Waals surface area contributed by atoms with Crippen LogP contribution in [0.4, 0.5) is 5.82 Å². The quantitative estimate of drug-likeness (QED) is 0.485. The van der Waals surface area contributed by atoms with E-state index in [0.29, 0.717) is 11.0 Å². The predicted molar refractivity (Wildman–Crippen MR) is 66.8 cm³/mol. The molecule has 0 aliphatic carbocycles. The van der Waals surface area contributed by atoms with Crippen LogP contribution in [-0.4, -0.2) is 39.7 Å². The minimum absolute atomic E-state index is 0.126. The molecule has 2 rings (SSSR count). The summed E-state index contributed by atoms with van der Waals surface area (Å²) in [4.78, 5) is 12.4. The molecule has 1 aromatic rings. The average molecular weight is 301 g/mol. The Morgan fingerprint density at radius 2 is 2.41 bits per heavy atom. The second-order valence-electron chi connectivity index (χ2n) is 4.13. The molecule has 17 heavy (non-hydrogen) atoms. The molecule has 0 amide bonds. The molecule has 1 aliphatic rings. The van der Waals surface area contributed by atoms with Crippen LogP contribution in [-0.2, 0) is 6.54 Å². The monoisotopic (exact) mass is 300 g/mol. The summed E-state index contributed by atoms with van der Waals surface area (Å²) in [5.74, 6) is -0.126. The molecule has 7 heteroatoms. The van der Waals surface area contributed by atoms with E-state index in [4.69, 9.17) is 0 Å². The van der Waals surface area contributed by atoms with Crippen LogP contribution in [0.25, 0.3) is 0 Å². The lowest BCUT2D eigenvalue weighted by atomic mass is 10.1. The lowest BCUT2D eigenvalue weighted by Gasteiger charge is -2.21.